The number of methoxy groups -OCH3 is 1. The number of piperidine rings is 1. The highest BCUT2D eigenvalue weighted by Crippen LogP contribution is 2.32. The van der Waals surface area contributed by atoms with Crippen molar-refractivity contribution in [3.05, 3.63) is 48.2 Å². The third kappa shape index (κ3) is 3.89. The van der Waals surface area contributed by atoms with Crippen molar-refractivity contribution in [3.63, 3.8) is 0 Å². The van der Waals surface area contributed by atoms with Gasteiger partial charge in [0.1, 0.15) is 11.6 Å². The van der Waals surface area contributed by atoms with Crippen molar-refractivity contribution in [1.29, 1.82) is 0 Å². The number of aromatic nitrogens is 1. The largest absolute Gasteiger partial charge is 0.497 e. The highest BCUT2D eigenvalue weighted by molar-refractivity contribution is 6.04. The molecule has 1 aromatic heterocycles. The van der Waals surface area contributed by atoms with Crippen molar-refractivity contribution in [1.82, 2.24) is 4.98 Å². The molecule has 2 saturated heterocycles. The van der Waals surface area contributed by atoms with E-state index in [2.05, 4.69) is 15.2 Å². The molecule has 0 atom stereocenters. The minimum atomic E-state index is -0.419. The van der Waals surface area contributed by atoms with E-state index < -0.39 is 5.79 Å². The lowest BCUT2D eigenvalue weighted by atomic mass is 10.0. The van der Waals surface area contributed by atoms with E-state index in [4.69, 9.17) is 14.2 Å². The number of ether oxygens (including phenoxy) is 3. The number of amides is 1. The van der Waals surface area contributed by atoms with Crippen molar-refractivity contribution in [2.45, 2.75) is 18.6 Å². The molecular formula is C20H23N3O4. The second kappa shape index (κ2) is 7.54. The molecule has 7 nitrogen and oxygen atoms in total. The molecule has 2 fully saturated rings. The fourth-order valence-corrected chi connectivity index (χ4v) is 3.50. The average Bonchev–Trinajstić information content (AvgIpc) is 3.16. The van der Waals surface area contributed by atoms with E-state index in [1.807, 2.05) is 24.3 Å². The van der Waals surface area contributed by atoms with Gasteiger partial charge >= 0.3 is 0 Å². The first-order chi connectivity index (χ1) is 13.2. The Hall–Kier alpha value is -2.64. The summed E-state index contributed by atoms with van der Waals surface area (Å²) in [5, 5.41) is 2.90. The lowest BCUT2D eigenvalue weighted by Crippen LogP contribution is -2.45. The molecule has 1 spiro atoms. The standard InChI is InChI=1S/C20H23N3O4/c1-25-17-4-2-3-16(14-17)22-19(24)15-5-8-21-18(13-15)23-9-6-20(7-10-23)26-11-12-27-20/h2-5,8,13-14H,6-7,9-12H2,1H3,(H,22,24). The van der Waals surface area contributed by atoms with Crippen LogP contribution in [0.4, 0.5) is 11.5 Å². The fraction of sp³-hybridized carbons (Fsp3) is 0.400. The first-order valence-corrected chi connectivity index (χ1v) is 9.12. The number of nitrogens with one attached hydrogen (secondary N) is 1. The molecule has 2 aromatic rings. The van der Waals surface area contributed by atoms with Gasteiger partial charge in [-0.15, -0.1) is 0 Å². The predicted molar refractivity (Wildman–Crippen MR) is 101 cm³/mol. The molecule has 0 unspecified atom stereocenters. The Morgan fingerprint density at radius 2 is 1.96 bits per heavy atom. The summed E-state index contributed by atoms with van der Waals surface area (Å²) in [7, 11) is 1.60. The predicted octanol–water partition coefficient (Wildman–Crippen LogP) is 2.69. The molecule has 0 bridgehead atoms. The van der Waals surface area contributed by atoms with Crippen molar-refractivity contribution in [3.8, 4) is 5.75 Å². The summed E-state index contributed by atoms with van der Waals surface area (Å²) in [5.74, 6) is 0.892. The van der Waals surface area contributed by atoms with Gasteiger partial charge in [0.25, 0.3) is 5.91 Å². The molecule has 2 aliphatic rings. The minimum Gasteiger partial charge on any atom is -0.497 e. The smallest absolute Gasteiger partial charge is 0.255 e. The van der Waals surface area contributed by atoms with E-state index in [-0.39, 0.29) is 5.91 Å². The van der Waals surface area contributed by atoms with Crippen LogP contribution in [0.25, 0.3) is 0 Å². The molecule has 7 heteroatoms. The summed E-state index contributed by atoms with van der Waals surface area (Å²) in [5.41, 5.74) is 1.25. The summed E-state index contributed by atoms with van der Waals surface area (Å²) in [4.78, 5) is 19.2. The number of pyridine rings is 1. The molecule has 0 aliphatic carbocycles. The number of nitrogens with zero attached hydrogens (tertiary/aromatic N) is 2. The normalized spacial score (nSPS) is 18.5. The molecule has 0 saturated carbocycles. The van der Waals surface area contributed by atoms with E-state index in [1.54, 1.807) is 25.4 Å². The van der Waals surface area contributed by atoms with Crippen LogP contribution in [-0.2, 0) is 9.47 Å². The van der Waals surface area contributed by atoms with Crippen molar-refractivity contribution in [2.75, 3.05) is 43.6 Å². The summed E-state index contributed by atoms with van der Waals surface area (Å²) in [6.07, 6.45) is 3.27. The Morgan fingerprint density at radius 3 is 2.70 bits per heavy atom. The van der Waals surface area contributed by atoms with Crippen LogP contribution in [0.5, 0.6) is 5.75 Å². The molecule has 4 rings (SSSR count). The number of rotatable bonds is 4. The Kier molecular flexibility index (Phi) is 4.96. The van der Waals surface area contributed by atoms with Crippen LogP contribution in [0.15, 0.2) is 42.6 Å². The maximum Gasteiger partial charge on any atom is 0.255 e. The fourth-order valence-electron chi connectivity index (χ4n) is 3.50. The molecular weight excluding hydrogens is 346 g/mol. The minimum absolute atomic E-state index is 0.178. The molecule has 0 radical (unpaired) electrons. The molecule has 1 N–H and O–H groups in total. The second-order valence-corrected chi connectivity index (χ2v) is 6.68. The molecule has 27 heavy (non-hydrogen) atoms. The molecule has 1 amide bonds. The Labute approximate surface area is 158 Å². The van der Waals surface area contributed by atoms with E-state index in [0.29, 0.717) is 30.2 Å². The number of hydrogen-bond donors (Lipinski definition) is 1. The van der Waals surface area contributed by atoms with E-state index in [9.17, 15) is 4.79 Å². The van der Waals surface area contributed by atoms with Crippen LogP contribution in [0, 0.1) is 0 Å². The maximum atomic E-state index is 12.6. The molecule has 2 aliphatic heterocycles. The van der Waals surface area contributed by atoms with Gasteiger partial charge in [0.15, 0.2) is 5.79 Å². The van der Waals surface area contributed by atoms with Gasteiger partial charge in [-0.1, -0.05) is 6.07 Å². The monoisotopic (exact) mass is 369 g/mol. The van der Waals surface area contributed by atoms with Crippen LogP contribution in [-0.4, -0.2) is 50.1 Å². The number of anilines is 2. The highest BCUT2D eigenvalue weighted by Gasteiger charge is 2.40. The van der Waals surface area contributed by atoms with Crippen LogP contribution in [0.3, 0.4) is 0 Å². The first-order valence-electron chi connectivity index (χ1n) is 9.12. The molecule has 142 valence electrons. The number of benzene rings is 1. The third-order valence-corrected chi connectivity index (χ3v) is 5.00. The Balaban J connectivity index is 1.43. The van der Waals surface area contributed by atoms with Gasteiger partial charge < -0.3 is 24.4 Å². The Bertz CT molecular complexity index is 810. The zero-order chi connectivity index (χ0) is 18.7. The summed E-state index contributed by atoms with van der Waals surface area (Å²) in [6, 6.07) is 10.8. The summed E-state index contributed by atoms with van der Waals surface area (Å²) in [6.45, 7) is 2.90. The average molecular weight is 369 g/mol. The quantitative estimate of drug-likeness (QED) is 0.893. The van der Waals surface area contributed by atoms with Gasteiger partial charge in [-0.3, -0.25) is 4.79 Å². The van der Waals surface area contributed by atoms with Crippen molar-refractivity contribution < 1.29 is 19.0 Å². The Morgan fingerprint density at radius 1 is 1.19 bits per heavy atom. The van der Waals surface area contributed by atoms with Crippen LogP contribution >= 0.6 is 0 Å². The lowest BCUT2D eigenvalue weighted by Gasteiger charge is -2.38. The molecule has 3 heterocycles. The van der Waals surface area contributed by atoms with Crippen LogP contribution in [0.1, 0.15) is 23.2 Å². The zero-order valence-corrected chi connectivity index (χ0v) is 15.3. The summed E-state index contributed by atoms with van der Waals surface area (Å²) < 4.78 is 16.7. The van der Waals surface area contributed by atoms with E-state index in [0.717, 1.165) is 31.7 Å². The van der Waals surface area contributed by atoms with Gasteiger partial charge in [0.2, 0.25) is 0 Å². The van der Waals surface area contributed by atoms with E-state index in [1.165, 1.54) is 0 Å². The zero-order valence-electron chi connectivity index (χ0n) is 15.3. The highest BCUT2D eigenvalue weighted by atomic mass is 16.7. The SMILES string of the molecule is COc1cccc(NC(=O)c2ccnc(N3CCC4(CC3)OCCO4)c2)c1. The third-order valence-electron chi connectivity index (χ3n) is 5.00. The van der Waals surface area contributed by atoms with E-state index >= 15 is 0 Å². The van der Waals surface area contributed by atoms with Gasteiger partial charge in [0.05, 0.1) is 20.3 Å². The number of carbonyl (C=O) groups excluding carboxylic acids is 1. The first kappa shape index (κ1) is 17.8. The summed E-state index contributed by atoms with van der Waals surface area (Å²) >= 11 is 0. The van der Waals surface area contributed by atoms with Crippen LogP contribution in [0.2, 0.25) is 0 Å². The van der Waals surface area contributed by atoms with Gasteiger partial charge in [-0.25, -0.2) is 4.98 Å². The van der Waals surface area contributed by atoms with Crippen molar-refractivity contribution >= 4 is 17.4 Å². The molecule has 1 aromatic carbocycles. The number of carbonyl (C=O) groups is 1. The second-order valence-electron chi connectivity index (χ2n) is 6.68. The number of hydrogen-bond acceptors (Lipinski definition) is 6. The maximum absolute atomic E-state index is 12.6. The van der Waals surface area contributed by atoms with Gasteiger partial charge in [-0.2, -0.15) is 0 Å². The van der Waals surface area contributed by atoms with Crippen LogP contribution < -0.4 is 15.0 Å². The van der Waals surface area contributed by atoms with Gasteiger partial charge in [-0.05, 0) is 24.3 Å². The topological polar surface area (TPSA) is 72.9 Å². The lowest BCUT2D eigenvalue weighted by molar-refractivity contribution is -0.169. The van der Waals surface area contributed by atoms with Gasteiger partial charge in [0, 0.05) is 49.4 Å². The van der Waals surface area contributed by atoms with Crippen molar-refractivity contribution in [2.24, 2.45) is 0 Å².